The van der Waals surface area contributed by atoms with E-state index < -0.39 is 11.2 Å². The molecular weight excluding hydrogens is 805 g/mol. The summed E-state index contributed by atoms with van der Waals surface area (Å²) >= 11 is 0. The van der Waals surface area contributed by atoms with Gasteiger partial charge in [-0.1, -0.05) is 32.0 Å². The highest BCUT2D eigenvalue weighted by Crippen LogP contribution is 2.47. The lowest BCUT2D eigenvalue weighted by Crippen LogP contribution is -2.50. The van der Waals surface area contributed by atoms with E-state index in [4.69, 9.17) is 24.7 Å². The highest BCUT2D eigenvalue weighted by atomic mass is 16.5. The number of nitrogens with zero attached hydrogens (tertiary/aromatic N) is 5. The maximum absolute atomic E-state index is 13.2. The first kappa shape index (κ1) is 42.3. The van der Waals surface area contributed by atoms with Gasteiger partial charge in [0.1, 0.15) is 23.0 Å². The van der Waals surface area contributed by atoms with Crippen LogP contribution in [0.1, 0.15) is 93.9 Å². The number of nitrogens with two attached hydrogens (primary N) is 1. The van der Waals surface area contributed by atoms with E-state index in [2.05, 4.69) is 59.5 Å². The molecule has 328 valence electrons. The third-order valence-corrected chi connectivity index (χ3v) is 13.5. The number of aromatic nitrogens is 2. The molecule has 2 aromatic heterocycles. The molecule has 6 heterocycles. The number of hydrogen-bond donors (Lipinski definition) is 1. The molecule has 0 saturated carbocycles. The van der Waals surface area contributed by atoms with Crippen LogP contribution in [0.3, 0.4) is 0 Å². The number of fused-ring (bicyclic) bond motifs is 8. The number of amides is 2. The van der Waals surface area contributed by atoms with E-state index >= 15 is 0 Å². The minimum atomic E-state index is -0.509. The number of aryl methyl sites for hydroxylation is 2. The standard InChI is InChI=1S/C26H29N3O3.C26H25N3O3/c2*1-3-19-7-8-20(16-22(19)31-2)25(30)28-13-10-26(11-14-28)24-5-4-12-29(24)21-9-6-18(17-27)15-23(21)32-26/h4-9,12,15-16H,3,10-11,13-14,17,27H2,1-2H3;4-9,12,15-16H,3,10-11,13-14H2,1-2H3. The molecule has 12 nitrogen and oxygen atoms in total. The quantitative estimate of drug-likeness (QED) is 0.169. The van der Waals surface area contributed by atoms with Gasteiger partial charge in [0.15, 0.2) is 11.2 Å². The summed E-state index contributed by atoms with van der Waals surface area (Å²) in [7, 11) is 3.29. The summed E-state index contributed by atoms with van der Waals surface area (Å²) in [6.07, 6.45) is 8.68. The van der Waals surface area contributed by atoms with E-state index in [1.54, 1.807) is 20.3 Å². The first-order chi connectivity index (χ1) is 31.2. The summed E-state index contributed by atoms with van der Waals surface area (Å²) in [6.45, 7) is 7.08. The fourth-order valence-electron chi connectivity index (χ4n) is 9.84. The van der Waals surface area contributed by atoms with Crippen LogP contribution in [0, 0.1) is 11.3 Å². The van der Waals surface area contributed by atoms with E-state index in [0.717, 1.165) is 82.4 Å². The minimum absolute atomic E-state index is 0.0131. The second-order valence-electron chi connectivity index (χ2n) is 16.9. The molecule has 0 aliphatic carbocycles. The van der Waals surface area contributed by atoms with Crippen molar-refractivity contribution < 1.29 is 28.5 Å². The van der Waals surface area contributed by atoms with Gasteiger partial charge >= 0.3 is 0 Å². The highest BCUT2D eigenvalue weighted by molar-refractivity contribution is 5.95. The number of rotatable bonds is 7. The number of benzene rings is 4. The van der Waals surface area contributed by atoms with Crippen molar-refractivity contribution in [2.24, 2.45) is 5.73 Å². The largest absolute Gasteiger partial charge is 0.496 e. The molecule has 10 rings (SSSR count). The van der Waals surface area contributed by atoms with Crippen LogP contribution in [0.15, 0.2) is 109 Å². The monoisotopic (exact) mass is 858 g/mol. The number of methoxy groups -OCH3 is 2. The Morgan fingerprint density at radius 2 is 1.12 bits per heavy atom. The lowest BCUT2D eigenvalue weighted by atomic mass is 9.86. The third-order valence-electron chi connectivity index (χ3n) is 13.5. The summed E-state index contributed by atoms with van der Waals surface area (Å²) < 4.78 is 28.5. The number of piperidine rings is 2. The summed E-state index contributed by atoms with van der Waals surface area (Å²) in [6, 6.07) is 33.6. The van der Waals surface area contributed by atoms with Crippen LogP contribution in [0.2, 0.25) is 0 Å². The Balaban J connectivity index is 0.000000162. The normalized spacial score (nSPS) is 16.1. The zero-order valence-electron chi connectivity index (χ0n) is 36.9. The maximum Gasteiger partial charge on any atom is 0.253 e. The van der Waals surface area contributed by atoms with Gasteiger partial charge in [0.25, 0.3) is 11.8 Å². The lowest BCUT2D eigenvalue weighted by molar-refractivity contribution is -0.00981. The van der Waals surface area contributed by atoms with Gasteiger partial charge in [0.05, 0.1) is 48.6 Å². The van der Waals surface area contributed by atoms with Gasteiger partial charge in [0.2, 0.25) is 0 Å². The molecule has 6 aromatic rings. The maximum atomic E-state index is 13.2. The van der Waals surface area contributed by atoms with Gasteiger partial charge in [-0.15, -0.1) is 0 Å². The second kappa shape index (κ2) is 17.3. The van der Waals surface area contributed by atoms with Gasteiger partial charge in [0, 0.05) is 88.0 Å². The molecule has 0 unspecified atom stereocenters. The number of carbonyl (C=O) groups excluding carboxylic acids is 2. The molecule has 2 spiro atoms. The van der Waals surface area contributed by atoms with Crippen molar-refractivity contribution in [1.82, 2.24) is 18.9 Å². The van der Waals surface area contributed by atoms with Crippen molar-refractivity contribution in [2.75, 3.05) is 40.4 Å². The van der Waals surface area contributed by atoms with E-state index in [9.17, 15) is 14.9 Å². The Hall–Kier alpha value is -6.97. The lowest BCUT2D eigenvalue weighted by Gasteiger charge is -2.45. The minimum Gasteiger partial charge on any atom is -0.496 e. The molecule has 2 amide bonds. The third kappa shape index (κ3) is 7.43. The fraction of sp³-hybridized carbons (Fsp3) is 0.327. The smallest absolute Gasteiger partial charge is 0.253 e. The Morgan fingerprint density at radius 1 is 0.656 bits per heavy atom. The summed E-state index contributed by atoms with van der Waals surface area (Å²) in [5.74, 6) is 3.15. The molecule has 2 fully saturated rings. The summed E-state index contributed by atoms with van der Waals surface area (Å²) in [5.41, 5.74) is 14.3. The van der Waals surface area contributed by atoms with Crippen LogP contribution >= 0.6 is 0 Å². The van der Waals surface area contributed by atoms with Crippen molar-refractivity contribution in [3.8, 4) is 40.4 Å². The van der Waals surface area contributed by atoms with Crippen molar-refractivity contribution in [3.63, 3.8) is 0 Å². The zero-order valence-corrected chi connectivity index (χ0v) is 36.9. The summed E-state index contributed by atoms with van der Waals surface area (Å²) in [5, 5.41) is 9.31. The molecule has 64 heavy (non-hydrogen) atoms. The van der Waals surface area contributed by atoms with Crippen molar-refractivity contribution >= 4 is 11.8 Å². The molecule has 4 aliphatic rings. The topological polar surface area (TPSA) is 137 Å². The van der Waals surface area contributed by atoms with E-state index in [1.165, 1.54) is 0 Å². The molecule has 0 atom stereocenters. The molecule has 2 N–H and O–H groups in total. The number of carbonyl (C=O) groups is 2. The van der Waals surface area contributed by atoms with Gasteiger partial charge in [-0.25, -0.2) is 0 Å². The Bertz CT molecular complexity index is 2760. The Labute approximate surface area is 374 Å². The van der Waals surface area contributed by atoms with Crippen molar-refractivity contribution in [2.45, 2.75) is 70.1 Å². The van der Waals surface area contributed by atoms with Crippen LogP contribution in [0.5, 0.6) is 23.0 Å². The van der Waals surface area contributed by atoms with Crippen LogP contribution in [-0.4, -0.2) is 71.1 Å². The van der Waals surface area contributed by atoms with Gasteiger partial charge in [-0.2, -0.15) is 5.26 Å². The van der Waals surface area contributed by atoms with Crippen LogP contribution in [-0.2, 0) is 30.6 Å². The Kier molecular flexibility index (Phi) is 11.4. The predicted octanol–water partition coefficient (Wildman–Crippen LogP) is 8.47. The molecular formula is C52H54N6O6. The zero-order chi connectivity index (χ0) is 44.6. The molecule has 2 saturated heterocycles. The van der Waals surface area contributed by atoms with Crippen LogP contribution in [0.25, 0.3) is 11.4 Å². The van der Waals surface area contributed by atoms with Crippen LogP contribution < -0.4 is 24.7 Å². The van der Waals surface area contributed by atoms with Crippen molar-refractivity contribution in [3.05, 3.63) is 154 Å². The first-order valence-corrected chi connectivity index (χ1v) is 22.2. The SMILES string of the molecule is CCc1ccc(C(=O)N2CCC3(CC2)Oc2cc(C#N)ccc2-n2cccc23)cc1OC.CCc1ccc(C(=O)N2CCC3(CC2)Oc2cc(CN)ccc2-n2cccc23)cc1OC. The van der Waals surface area contributed by atoms with E-state index in [1.807, 2.05) is 82.7 Å². The molecule has 12 heteroatoms. The fourth-order valence-corrected chi connectivity index (χ4v) is 9.84. The van der Waals surface area contributed by atoms with Gasteiger partial charge in [-0.3, -0.25) is 9.59 Å². The van der Waals surface area contributed by atoms with Crippen LogP contribution in [0.4, 0.5) is 0 Å². The predicted molar refractivity (Wildman–Crippen MR) is 244 cm³/mol. The summed E-state index contributed by atoms with van der Waals surface area (Å²) in [4.78, 5) is 30.2. The van der Waals surface area contributed by atoms with Gasteiger partial charge < -0.3 is 43.6 Å². The average molecular weight is 859 g/mol. The highest BCUT2D eigenvalue weighted by Gasteiger charge is 2.46. The molecule has 0 radical (unpaired) electrons. The van der Waals surface area contributed by atoms with Gasteiger partial charge in [-0.05, 0) is 102 Å². The number of ether oxygens (including phenoxy) is 4. The second-order valence-corrected chi connectivity index (χ2v) is 16.9. The number of hydrogen-bond acceptors (Lipinski definition) is 8. The number of nitriles is 1. The number of likely N-dealkylation sites (tertiary alicyclic amines) is 2. The molecule has 4 aromatic carbocycles. The van der Waals surface area contributed by atoms with E-state index in [-0.39, 0.29) is 11.8 Å². The molecule has 4 aliphatic heterocycles. The molecule has 0 bridgehead atoms. The Morgan fingerprint density at radius 3 is 1.56 bits per heavy atom. The van der Waals surface area contributed by atoms with E-state index in [0.29, 0.717) is 68.0 Å². The first-order valence-electron chi connectivity index (χ1n) is 22.2. The average Bonchev–Trinajstić information content (AvgIpc) is 4.07. The van der Waals surface area contributed by atoms with Crippen molar-refractivity contribution in [1.29, 1.82) is 5.26 Å².